The molecule has 1 amide bonds. The fraction of sp³-hybridized carbons (Fsp3) is 0.417. The molecule has 0 saturated carbocycles. The third-order valence-electron chi connectivity index (χ3n) is 2.77. The average Bonchev–Trinajstić information content (AvgIpc) is 2.32. The fourth-order valence-corrected chi connectivity index (χ4v) is 2.18. The van der Waals surface area contributed by atoms with Gasteiger partial charge in [0, 0.05) is 26.3 Å². The van der Waals surface area contributed by atoms with Crippen LogP contribution in [0.3, 0.4) is 0 Å². The molecule has 0 aromatic heterocycles. The van der Waals surface area contributed by atoms with Crippen LogP contribution in [0.1, 0.15) is 15.9 Å². The summed E-state index contributed by atoms with van der Waals surface area (Å²) in [6.07, 6.45) is 0. The molecule has 1 rings (SSSR count). The number of aryl methyl sites for hydroxylation is 1. The minimum atomic E-state index is -3.31. The van der Waals surface area contributed by atoms with E-state index in [-0.39, 0.29) is 18.2 Å². The number of hydrogen-bond donors (Lipinski definition) is 2. The Labute approximate surface area is 113 Å². The number of para-hydroxylation sites is 1. The van der Waals surface area contributed by atoms with Crippen LogP contribution < -0.4 is 11.1 Å². The van der Waals surface area contributed by atoms with Crippen molar-refractivity contribution in [1.29, 1.82) is 0 Å². The average molecular weight is 285 g/mol. The van der Waals surface area contributed by atoms with E-state index in [4.69, 9.17) is 5.73 Å². The molecule has 0 radical (unpaired) electrons. The van der Waals surface area contributed by atoms with E-state index < -0.39 is 10.0 Å². The van der Waals surface area contributed by atoms with Crippen LogP contribution in [-0.2, 0) is 10.0 Å². The van der Waals surface area contributed by atoms with Crippen molar-refractivity contribution in [1.82, 2.24) is 9.62 Å². The zero-order chi connectivity index (χ0) is 14.6. The summed E-state index contributed by atoms with van der Waals surface area (Å²) in [7, 11) is -0.399. The maximum atomic E-state index is 11.9. The Morgan fingerprint density at radius 2 is 2.00 bits per heavy atom. The van der Waals surface area contributed by atoms with Gasteiger partial charge in [0.1, 0.15) is 0 Å². The van der Waals surface area contributed by atoms with Crippen molar-refractivity contribution in [2.24, 2.45) is 0 Å². The molecule has 0 unspecified atom stereocenters. The summed E-state index contributed by atoms with van der Waals surface area (Å²) in [6, 6.07) is 5.15. The Morgan fingerprint density at radius 1 is 1.37 bits per heavy atom. The van der Waals surface area contributed by atoms with E-state index in [0.29, 0.717) is 11.3 Å². The number of nitrogens with zero attached hydrogens (tertiary/aromatic N) is 1. The number of carbonyl (C=O) groups is 1. The lowest BCUT2D eigenvalue weighted by molar-refractivity contribution is 0.0957. The number of sulfonamides is 1. The summed E-state index contributed by atoms with van der Waals surface area (Å²) < 4.78 is 24.2. The van der Waals surface area contributed by atoms with Gasteiger partial charge in [-0.2, -0.15) is 0 Å². The molecule has 6 nitrogen and oxygen atoms in total. The highest BCUT2D eigenvalue weighted by Crippen LogP contribution is 2.15. The Kier molecular flexibility index (Phi) is 4.90. The van der Waals surface area contributed by atoms with Gasteiger partial charge in [0.25, 0.3) is 5.91 Å². The van der Waals surface area contributed by atoms with Gasteiger partial charge in [-0.3, -0.25) is 4.79 Å². The highest BCUT2D eigenvalue weighted by Gasteiger charge is 2.15. The van der Waals surface area contributed by atoms with Crippen LogP contribution in [0, 0.1) is 6.92 Å². The molecule has 0 heterocycles. The lowest BCUT2D eigenvalue weighted by Gasteiger charge is -2.12. The second kappa shape index (κ2) is 6.03. The lowest BCUT2D eigenvalue weighted by Crippen LogP contribution is -2.34. The van der Waals surface area contributed by atoms with Crippen molar-refractivity contribution in [3.63, 3.8) is 0 Å². The zero-order valence-corrected chi connectivity index (χ0v) is 12.1. The van der Waals surface area contributed by atoms with Crippen LogP contribution >= 0.6 is 0 Å². The number of amides is 1. The SMILES string of the molecule is Cc1cccc(C(=O)NCCS(=O)(=O)N(C)C)c1N. The number of nitrogen functional groups attached to an aromatic ring is 1. The van der Waals surface area contributed by atoms with Gasteiger partial charge < -0.3 is 11.1 Å². The molecule has 0 fully saturated rings. The van der Waals surface area contributed by atoms with E-state index in [1.165, 1.54) is 14.1 Å². The van der Waals surface area contributed by atoms with E-state index in [2.05, 4.69) is 5.32 Å². The Morgan fingerprint density at radius 3 is 2.58 bits per heavy atom. The lowest BCUT2D eigenvalue weighted by atomic mass is 10.1. The maximum absolute atomic E-state index is 11.9. The molecule has 0 aliphatic heterocycles. The van der Waals surface area contributed by atoms with Crippen molar-refractivity contribution < 1.29 is 13.2 Å². The number of hydrogen-bond acceptors (Lipinski definition) is 4. The number of rotatable bonds is 5. The normalized spacial score (nSPS) is 11.6. The van der Waals surface area contributed by atoms with E-state index in [1.807, 2.05) is 13.0 Å². The minimum absolute atomic E-state index is 0.0483. The van der Waals surface area contributed by atoms with E-state index in [0.717, 1.165) is 9.87 Å². The molecule has 0 bridgehead atoms. The second-order valence-corrected chi connectivity index (χ2v) is 6.69. The topological polar surface area (TPSA) is 92.5 Å². The van der Waals surface area contributed by atoms with Crippen molar-refractivity contribution in [2.75, 3.05) is 32.1 Å². The first-order valence-corrected chi connectivity index (χ1v) is 7.40. The van der Waals surface area contributed by atoms with Gasteiger partial charge in [-0.1, -0.05) is 12.1 Å². The van der Waals surface area contributed by atoms with Gasteiger partial charge in [-0.05, 0) is 18.6 Å². The van der Waals surface area contributed by atoms with Crippen molar-refractivity contribution in [2.45, 2.75) is 6.92 Å². The highest BCUT2D eigenvalue weighted by atomic mass is 32.2. The standard InChI is InChI=1S/C12H19N3O3S/c1-9-5-4-6-10(11(9)13)12(16)14-7-8-19(17,18)15(2)3/h4-6H,7-8,13H2,1-3H3,(H,14,16). The molecule has 0 aliphatic rings. The van der Waals surface area contributed by atoms with Gasteiger partial charge in [-0.15, -0.1) is 0 Å². The molecule has 1 aromatic rings. The van der Waals surface area contributed by atoms with Gasteiger partial charge in [-0.25, -0.2) is 12.7 Å². The largest absolute Gasteiger partial charge is 0.398 e. The zero-order valence-electron chi connectivity index (χ0n) is 11.3. The quantitative estimate of drug-likeness (QED) is 0.756. The van der Waals surface area contributed by atoms with E-state index >= 15 is 0 Å². The first-order chi connectivity index (χ1) is 8.75. The van der Waals surface area contributed by atoms with E-state index in [9.17, 15) is 13.2 Å². The van der Waals surface area contributed by atoms with Gasteiger partial charge in [0.15, 0.2) is 0 Å². The third-order valence-corrected chi connectivity index (χ3v) is 4.60. The van der Waals surface area contributed by atoms with Crippen LogP contribution in [0.15, 0.2) is 18.2 Å². The first-order valence-electron chi connectivity index (χ1n) is 5.79. The Bertz CT molecular complexity index is 568. The Balaban J connectivity index is 2.65. The Hall–Kier alpha value is -1.60. The van der Waals surface area contributed by atoms with Crippen molar-refractivity contribution >= 4 is 21.6 Å². The molecule has 0 saturated heterocycles. The number of nitrogens with two attached hydrogens (primary N) is 1. The summed E-state index contributed by atoms with van der Waals surface area (Å²) >= 11 is 0. The molecule has 1 aromatic carbocycles. The highest BCUT2D eigenvalue weighted by molar-refractivity contribution is 7.89. The molecule has 106 valence electrons. The third kappa shape index (κ3) is 3.93. The van der Waals surface area contributed by atoms with Crippen LogP contribution in [0.5, 0.6) is 0 Å². The number of benzene rings is 1. The van der Waals surface area contributed by atoms with E-state index in [1.54, 1.807) is 12.1 Å². The molecular formula is C12H19N3O3S. The minimum Gasteiger partial charge on any atom is -0.398 e. The monoisotopic (exact) mass is 285 g/mol. The van der Waals surface area contributed by atoms with Crippen LogP contribution in [0.25, 0.3) is 0 Å². The summed E-state index contributed by atoms with van der Waals surface area (Å²) in [5, 5.41) is 2.55. The molecule has 0 spiro atoms. The fourth-order valence-electron chi connectivity index (χ4n) is 1.45. The first kappa shape index (κ1) is 15.5. The summed E-state index contributed by atoms with van der Waals surface area (Å²) in [5.74, 6) is -0.507. The number of anilines is 1. The summed E-state index contributed by atoms with van der Waals surface area (Å²) in [4.78, 5) is 11.9. The molecule has 0 atom stereocenters. The van der Waals surface area contributed by atoms with Crippen LogP contribution in [-0.4, -0.2) is 45.0 Å². The predicted octanol–water partition coefficient (Wildman–Crippen LogP) is 0.198. The van der Waals surface area contributed by atoms with Crippen molar-refractivity contribution in [3.05, 3.63) is 29.3 Å². The van der Waals surface area contributed by atoms with Crippen molar-refractivity contribution in [3.8, 4) is 0 Å². The van der Waals surface area contributed by atoms with Gasteiger partial charge >= 0.3 is 0 Å². The smallest absolute Gasteiger partial charge is 0.253 e. The van der Waals surface area contributed by atoms with Crippen LogP contribution in [0.4, 0.5) is 5.69 Å². The number of nitrogens with one attached hydrogen (secondary N) is 1. The second-order valence-electron chi connectivity index (χ2n) is 4.39. The summed E-state index contributed by atoms with van der Waals surface area (Å²) in [5.41, 5.74) is 7.39. The molecule has 0 aliphatic carbocycles. The number of carbonyl (C=O) groups excluding carboxylic acids is 1. The predicted molar refractivity (Wildman–Crippen MR) is 75.4 cm³/mol. The van der Waals surface area contributed by atoms with Crippen LogP contribution in [0.2, 0.25) is 0 Å². The molecular weight excluding hydrogens is 266 g/mol. The maximum Gasteiger partial charge on any atom is 0.253 e. The van der Waals surface area contributed by atoms with Gasteiger partial charge in [0.05, 0.1) is 11.3 Å². The molecule has 19 heavy (non-hydrogen) atoms. The molecule has 3 N–H and O–H groups in total. The molecule has 7 heteroatoms. The summed E-state index contributed by atoms with van der Waals surface area (Å²) in [6.45, 7) is 1.86. The van der Waals surface area contributed by atoms with Gasteiger partial charge in [0.2, 0.25) is 10.0 Å².